The van der Waals surface area contributed by atoms with Crippen molar-refractivity contribution in [2.45, 2.75) is 43.5 Å². The molecule has 3 rings (SSSR count). The van der Waals surface area contributed by atoms with Crippen LogP contribution >= 0.6 is 11.3 Å². The Hall–Kier alpha value is -1.70. The summed E-state index contributed by atoms with van der Waals surface area (Å²) < 4.78 is 28.1. The molecule has 0 aliphatic carbocycles. The Kier molecular flexibility index (Phi) is 5.56. The Morgan fingerprint density at radius 1 is 1.16 bits per heavy atom. The van der Waals surface area contributed by atoms with E-state index in [9.17, 15) is 13.2 Å². The predicted molar refractivity (Wildman–Crippen MR) is 100 cm³/mol. The SMILES string of the molecule is CC(=O)Nc1ccc(S(=O)(=O)N2CCCCC[C@H]2c2cccs2)cc1. The van der Waals surface area contributed by atoms with Crippen LogP contribution in [0.4, 0.5) is 5.69 Å². The number of thiophene rings is 1. The summed E-state index contributed by atoms with van der Waals surface area (Å²) in [6, 6.07) is 10.3. The highest BCUT2D eigenvalue weighted by Crippen LogP contribution is 2.36. The van der Waals surface area contributed by atoms with Gasteiger partial charge in [-0.3, -0.25) is 4.79 Å². The monoisotopic (exact) mass is 378 g/mol. The average Bonchev–Trinajstić information content (AvgIpc) is 2.98. The van der Waals surface area contributed by atoms with Crippen molar-refractivity contribution in [2.75, 3.05) is 11.9 Å². The number of amides is 1. The van der Waals surface area contributed by atoms with E-state index in [1.54, 1.807) is 39.9 Å². The molecule has 1 aromatic carbocycles. The molecule has 0 radical (unpaired) electrons. The first-order valence-corrected chi connectivity index (χ1v) is 10.7. The molecule has 1 saturated heterocycles. The van der Waals surface area contributed by atoms with Crippen LogP contribution in [0.1, 0.15) is 43.5 Å². The molecule has 1 N–H and O–H groups in total. The molecule has 0 bridgehead atoms. The number of hydrogen-bond acceptors (Lipinski definition) is 4. The highest BCUT2D eigenvalue weighted by Gasteiger charge is 2.33. The lowest BCUT2D eigenvalue weighted by Gasteiger charge is -2.28. The summed E-state index contributed by atoms with van der Waals surface area (Å²) in [5, 5.41) is 4.65. The predicted octanol–water partition coefficient (Wildman–Crippen LogP) is 4.01. The van der Waals surface area contributed by atoms with E-state index < -0.39 is 10.0 Å². The lowest BCUT2D eigenvalue weighted by Crippen LogP contribution is -2.34. The molecular formula is C18H22N2O3S2. The summed E-state index contributed by atoms with van der Waals surface area (Å²) in [5.74, 6) is -0.180. The fourth-order valence-electron chi connectivity index (χ4n) is 3.18. The van der Waals surface area contributed by atoms with Gasteiger partial charge in [0.15, 0.2) is 0 Å². The summed E-state index contributed by atoms with van der Waals surface area (Å²) >= 11 is 1.61. The number of sulfonamides is 1. The van der Waals surface area contributed by atoms with Crippen LogP contribution in [0.2, 0.25) is 0 Å². The van der Waals surface area contributed by atoms with Crippen molar-refractivity contribution < 1.29 is 13.2 Å². The zero-order valence-corrected chi connectivity index (χ0v) is 15.8. The Bertz CT molecular complexity index is 815. The Labute approximate surface area is 152 Å². The number of nitrogens with zero attached hydrogens (tertiary/aromatic N) is 1. The summed E-state index contributed by atoms with van der Waals surface area (Å²) in [4.78, 5) is 12.5. The van der Waals surface area contributed by atoms with Gasteiger partial charge in [-0.15, -0.1) is 11.3 Å². The molecule has 1 fully saturated rings. The first-order valence-electron chi connectivity index (χ1n) is 8.41. The minimum absolute atomic E-state index is 0.0949. The van der Waals surface area contributed by atoms with Gasteiger partial charge in [0, 0.05) is 24.0 Å². The maximum atomic E-state index is 13.2. The number of carbonyl (C=O) groups is 1. The molecule has 25 heavy (non-hydrogen) atoms. The summed E-state index contributed by atoms with van der Waals surface area (Å²) in [7, 11) is -3.58. The van der Waals surface area contributed by atoms with Crippen molar-refractivity contribution in [2.24, 2.45) is 0 Å². The van der Waals surface area contributed by atoms with E-state index in [2.05, 4.69) is 5.32 Å². The van der Waals surface area contributed by atoms with Gasteiger partial charge in [-0.05, 0) is 48.6 Å². The van der Waals surface area contributed by atoms with Crippen molar-refractivity contribution in [1.82, 2.24) is 4.31 Å². The van der Waals surface area contributed by atoms with Crippen molar-refractivity contribution >= 4 is 33.0 Å². The van der Waals surface area contributed by atoms with E-state index >= 15 is 0 Å². The van der Waals surface area contributed by atoms with E-state index in [-0.39, 0.29) is 16.8 Å². The molecule has 1 aromatic heterocycles. The van der Waals surface area contributed by atoms with Gasteiger partial charge in [0.25, 0.3) is 0 Å². The van der Waals surface area contributed by atoms with Gasteiger partial charge < -0.3 is 5.32 Å². The Balaban J connectivity index is 1.91. The summed E-state index contributed by atoms with van der Waals surface area (Å²) in [6.45, 7) is 1.96. The Morgan fingerprint density at radius 2 is 1.92 bits per heavy atom. The van der Waals surface area contributed by atoms with Crippen molar-refractivity contribution in [3.8, 4) is 0 Å². The van der Waals surface area contributed by atoms with Crippen LogP contribution in [0, 0.1) is 0 Å². The van der Waals surface area contributed by atoms with Crippen LogP contribution in [0.3, 0.4) is 0 Å². The zero-order valence-electron chi connectivity index (χ0n) is 14.1. The maximum absolute atomic E-state index is 13.2. The molecule has 2 heterocycles. The fraction of sp³-hybridized carbons (Fsp3) is 0.389. The molecule has 7 heteroatoms. The molecule has 1 atom stereocenters. The highest BCUT2D eigenvalue weighted by molar-refractivity contribution is 7.89. The number of benzene rings is 1. The second-order valence-corrected chi connectivity index (χ2v) is 9.07. The van der Waals surface area contributed by atoms with Crippen molar-refractivity contribution in [3.63, 3.8) is 0 Å². The second-order valence-electron chi connectivity index (χ2n) is 6.20. The normalized spacial score (nSPS) is 19.3. The minimum atomic E-state index is -3.58. The molecule has 0 spiro atoms. The molecule has 0 saturated carbocycles. The fourth-order valence-corrected chi connectivity index (χ4v) is 5.80. The number of rotatable bonds is 4. The lowest BCUT2D eigenvalue weighted by molar-refractivity contribution is -0.114. The van der Waals surface area contributed by atoms with Gasteiger partial charge in [-0.25, -0.2) is 8.42 Å². The van der Waals surface area contributed by atoms with Crippen LogP contribution in [0.5, 0.6) is 0 Å². The van der Waals surface area contributed by atoms with Crippen molar-refractivity contribution in [1.29, 1.82) is 0 Å². The van der Waals surface area contributed by atoms with Gasteiger partial charge in [0.2, 0.25) is 15.9 Å². The second kappa shape index (κ2) is 7.68. The zero-order chi connectivity index (χ0) is 17.9. The average molecular weight is 379 g/mol. The first kappa shape index (κ1) is 18.1. The van der Waals surface area contributed by atoms with Gasteiger partial charge in [0.1, 0.15) is 0 Å². The summed E-state index contributed by atoms with van der Waals surface area (Å²) in [5.41, 5.74) is 0.595. The topological polar surface area (TPSA) is 66.5 Å². The first-order chi connectivity index (χ1) is 12.0. The minimum Gasteiger partial charge on any atom is -0.326 e. The molecule has 1 aliphatic rings. The molecule has 2 aromatic rings. The number of anilines is 1. The summed E-state index contributed by atoms with van der Waals surface area (Å²) in [6.07, 6.45) is 3.82. The van der Waals surface area contributed by atoms with Gasteiger partial charge in [-0.2, -0.15) is 4.31 Å². The molecule has 0 unspecified atom stereocenters. The van der Waals surface area contributed by atoms with E-state index in [1.165, 1.54) is 6.92 Å². The van der Waals surface area contributed by atoms with Gasteiger partial charge >= 0.3 is 0 Å². The Morgan fingerprint density at radius 3 is 2.56 bits per heavy atom. The van der Waals surface area contributed by atoms with E-state index in [0.717, 1.165) is 30.6 Å². The number of hydrogen-bond donors (Lipinski definition) is 1. The maximum Gasteiger partial charge on any atom is 0.243 e. The van der Waals surface area contributed by atoms with Gasteiger partial charge in [0.05, 0.1) is 10.9 Å². The molecule has 1 amide bonds. The van der Waals surface area contributed by atoms with Crippen LogP contribution in [0.25, 0.3) is 0 Å². The number of carbonyl (C=O) groups excluding carboxylic acids is 1. The smallest absolute Gasteiger partial charge is 0.243 e. The third-order valence-corrected chi connectivity index (χ3v) is 7.25. The van der Waals surface area contributed by atoms with Crippen molar-refractivity contribution in [3.05, 3.63) is 46.7 Å². The van der Waals surface area contributed by atoms with E-state index in [4.69, 9.17) is 0 Å². The molecule has 5 nitrogen and oxygen atoms in total. The third-order valence-electron chi connectivity index (χ3n) is 4.36. The van der Waals surface area contributed by atoms with Crippen LogP contribution in [-0.4, -0.2) is 25.2 Å². The van der Waals surface area contributed by atoms with E-state index in [1.807, 2.05) is 17.5 Å². The van der Waals surface area contributed by atoms with E-state index in [0.29, 0.717) is 12.2 Å². The quantitative estimate of drug-likeness (QED) is 0.874. The number of nitrogens with one attached hydrogen (secondary N) is 1. The van der Waals surface area contributed by atoms with Crippen LogP contribution in [-0.2, 0) is 14.8 Å². The lowest BCUT2D eigenvalue weighted by atomic mass is 10.1. The van der Waals surface area contributed by atoms with Crippen LogP contribution in [0.15, 0.2) is 46.7 Å². The van der Waals surface area contributed by atoms with Gasteiger partial charge in [-0.1, -0.05) is 18.9 Å². The standard InChI is InChI=1S/C18H22N2O3S2/c1-14(21)19-15-8-10-16(11-9-15)25(22,23)20-12-4-2-3-6-17(20)18-7-5-13-24-18/h5,7-11,13,17H,2-4,6,12H2,1H3,(H,19,21)/t17-/m0/s1. The third kappa shape index (κ3) is 4.11. The van der Waals surface area contributed by atoms with Crippen LogP contribution < -0.4 is 5.32 Å². The molecular weight excluding hydrogens is 356 g/mol. The largest absolute Gasteiger partial charge is 0.326 e. The highest BCUT2D eigenvalue weighted by atomic mass is 32.2. The molecule has 1 aliphatic heterocycles. The molecule has 134 valence electrons.